The van der Waals surface area contributed by atoms with Crippen LogP contribution in [0.5, 0.6) is 5.88 Å². The van der Waals surface area contributed by atoms with Crippen molar-refractivity contribution in [2.75, 3.05) is 50.0 Å². The Bertz CT molecular complexity index is 2490. The highest BCUT2D eigenvalue weighted by Crippen LogP contribution is 2.45. The number of nitrogens with one attached hydrogen (secondary N) is 3. The van der Waals surface area contributed by atoms with Gasteiger partial charge in [-0.25, -0.2) is 9.97 Å². The van der Waals surface area contributed by atoms with Crippen LogP contribution in [-0.4, -0.2) is 111 Å². The molecule has 2 saturated heterocycles. The molecule has 3 amide bonds. The van der Waals surface area contributed by atoms with E-state index in [1.807, 2.05) is 20.8 Å². The number of aliphatic hydroxyl groups excluding tert-OH is 1. The number of rotatable bonds is 15. The normalized spacial score (nSPS) is 21.3. The van der Waals surface area contributed by atoms with Crippen molar-refractivity contribution >= 4 is 45.8 Å². The predicted octanol–water partition coefficient (Wildman–Crippen LogP) is 4.37. The molecule has 4 aromatic rings. The summed E-state index contributed by atoms with van der Waals surface area (Å²) in [6.45, 7) is 11.6. The van der Waals surface area contributed by atoms with E-state index in [1.165, 1.54) is 16.2 Å². The molecule has 0 radical (unpaired) electrons. The number of aryl methyl sites for hydroxylation is 1. The summed E-state index contributed by atoms with van der Waals surface area (Å²) >= 11 is 1.36. The van der Waals surface area contributed by atoms with E-state index in [9.17, 15) is 24.8 Å². The molecule has 5 heterocycles. The zero-order valence-corrected chi connectivity index (χ0v) is 38.7. The number of unbranched alkanes of at least 4 members (excludes halogenated alkanes) is 1. The minimum atomic E-state index is -0.993. The molecule has 2 aliphatic heterocycles. The molecule has 1 unspecified atom stereocenters. The lowest BCUT2D eigenvalue weighted by Crippen LogP contribution is -2.48. The maximum Gasteiger partial charge on any atom is 0.254 e. The summed E-state index contributed by atoms with van der Waals surface area (Å²) in [4.78, 5) is 57.3. The molecule has 3 aromatic heterocycles. The fourth-order valence-corrected chi connectivity index (χ4v) is 10.5. The number of carbonyl (C=O) groups excluding carboxylic acids is 3. The molecule has 5 atom stereocenters. The van der Waals surface area contributed by atoms with Gasteiger partial charge in [0.05, 0.1) is 35.3 Å². The Balaban J connectivity index is 0.872. The molecule has 19 heteroatoms. The second-order valence-corrected chi connectivity index (χ2v) is 19.1. The van der Waals surface area contributed by atoms with Crippen LogP contribution in [0.3, 0.4) is 0 Å². The molecule has 348 valence electrons. The number of benzene rings is 1. The Hall–Kier alpha value is -6.41. The first-order valence-electron chi connectivity index (χ1n) is 22.6. The van der Waals surface area contributed by atoms with Crippen molar-refractivity contribution < 1.29 is 28.8 Å². The number of likely N-dealkylation sites (tertiary alicyclic amines) is 1. The van der Waals surface area contributed by atoms with Gasteiger partial charge in [0.1, 0.15) is 28.7 Å². The van der Waals surface area contributed by atoms with Crippen LogP contribution in [0.15, 0.2) is 47.1 Å². The van der Waals surface area contributed by atoms with Gasteiger partial charge in [-0.15, -0.1) is 11.3 Å². The number of amides is 3. The highest BCUT2D eigenvalue weighted by atomic mass is 32.1. The van der Waals surface area contributed by atoms with Crippen LogP contribution in [0.1, 0.15) is 111 Å². The lowest BCUT2D eigenvalue weighted by atomic mass is 9.72. The van der Waals surface area contributed by atoms with Crippen molar-refractivity contribution in [2.45, 2.75) is 109 Å². The summed E-state index contributed by atoms with van der Waals surface area (Å²) in [6.07, 6.45) is 5.48. The number of fused-ring (bicyclic) bond motifs is 1. The average Bonchev–Trinajstić information content (AvgIpc) is 3.99. The van der Waals surface area contributed by atoms with Gasteiger partial charge in [0.15, 0.2) is 11.6 Å². The van der Waals surface area contributed by atoms with Crippen molar-refractivity contribution in [3.8, 4) is 18.0 Å². The van der Waals surface area contributed by atoms with Crippen LogP contribution in [0.25, 0.3) is 0 Å². The number of nitrogen functional groups attached to an aromatic ring is 1. The SMILES string of the molecule is CC(C)C(C(=O)N1C[C@H](O)C[C@H]1C(=O)NCc1ccc(C#N)cc1)c1cc(OCCCCN2CCCN(c3nccc(C(=N)NC(=O)[C@@]4(C)CCCc5sc(N)c(C#N)c54)n3)[C@@H](C)C2)no1. The maximum atomic E-state index is 14.0. The summed E-state index contributed by atoms with van der Waals surface area (Å²) in [6, 6.07) is 13.6. The van der Waals surface area contributed by atoms with Crippen LogP contribution in [-0.2, 0) is 32.8 Å². The van der Waals surface area contributed by atoms with E-state index in [0.29, 0.717) is 52.1 Å². The number of nitriles is 2. The third-order valence-electron chi connectivity index (χ3n) is 12.9. The smallest absolute Gasteiger partial charge is 0.254 e. The summed E-state index contributed by atoms with van der Waals surface area (Å²) in [5.41, 5.74) is 7.81. The number of ether oxygens (including phenoxy) is 1. The van der Waals surface area contributed by atoms with Gasteiger partial charge >= 0.3 is 0 Å². The molecule has 0 spiro atoms. The van der Waals surface area contributed by atoms with Gasteiger partial charge < -0.3 is 45.4 Å². The number of hydrogen-bond donors (Lipinski definition) is 5. The number of anilines is 2. The highest BCUT2D eigenvalue weighted by molar-refractivity contribution is 7.16. The van der Waals surface area contributed by atoms with Crippen molar-refractivity contribution in [2.24, 2.45) is 5.92 Å². The topological polar surface area (TPSA) is 264 Å². The molecule has 2 fully saturated rings. The molecule has 0 bridgehead atoms. The first-order chi connectivity index (χ1) is 31.7. The van der Waals surface area contributed by atoms with Gasteiger partial charge in [0, 0.05) is 61.3 Å². The van der Waals surface area contributed by atoms with Crippen LogP contribution < -0.4 is 26.0 Å². The van der Waals surface area contributed by atoms with Gasteiger partial charge in [-0.05, 0) is 100 Å². The first kappa shape index (κ1) is 47.5. The van der Waals surface area contributed by atoms with Crippen molar-refractivity contribution in [3.05, 3.63) is 81.2 Å². The quantitative estimate of drug-likeness (QED) is 0.0631. The first-order valence-corrected chi connectivity index (χ1v) is 23.4. The van der Waals surface area contributed by atoms with E-state index >= 15 is 0 Å². The average molecular weight is 919 g/mol. The van der Waals surface area contributed by atoms with Crippen LogP contribution in [0.2, 0.25) is 0 Å². The van der Waals surface area contributed by atoms with Gasteiger partial charge in [0.25, 0.3) is 5.88 Å². The minimum absolute atomic E-state index is 0.0244. The molecule has 1 aromatic carbocycles. The molecular formula is C47H58N12O6S. The van der Waals surface area contributed by atoms with E-state index in [2.05, 4.69) is 49.6 Å². The minimum Gasteiger partial charge on any atom is -0.476 e. The number of amidine groups is 1. The van der Waals surface area contributed by atoms with Gasteiger partial charge in [0.2, 0.25) is 23.7 Å². The van der Waals surface area contributed by atoms with Crippen LogP contribution in [0.4, 0.5) is 10.9 Å². The van der Waals surface area contributed by atoms with Crippen LogP contribution >= 0.6 is 11.3 Å². The number of carbonyl (C=O) groups is 3. The number of β-amino-alcohol motifs (C(OH)–C–C–N with tert-alkyl or cyclic N) is 1. The van der Waals surface area contributed by atoms with E-state index in [4.69, 9.17) is 30.6 Å². The Kier molecular flexibility index (Phi) is 15.0. The third kappa shape index (κ3) is 10.5. The van der Waals surface area contributed by atoms with E-state index in [-0.39, 0.29) is 60.9 Å². The molecule has 1 aliphatic carbocycles. The molecule has 18 nitrogen and oxygen atoms in total. The fourth-order valence-electron chi connectivity index (χ4n) is 9.34. The summed E-state index contributed by atoms with van der Waals surface area (Å²) in [7, 11) is 0. The zero-order chi connectivity index (χ0) is 47.1. The Labute approximate surface area is 388 Å². The number of thiophene rings is 1. The largest absolute Gasteiger partial charge is 0.476 e. The highest BCUT2D eigenvalue weighted by Gasteiger charge is 2.45. The van der Waals surface area contributed by atoms with E-state index in [0.717, 1.165) is 68.7 Å². The Morgan fingerprint density at radius 3 is 2.65 bits per heavy atom. The zero-order valence-electron chi connectivity index (χ0n) is 37.9. The lowest BCUT2D eigenvalue weighted by Gasteiger charge is -2.33. The molecule has 66 heavy (non-hydrogen) atoms. The molecule has 7 rings (SSSR count). The summed E-state index contributed by atoms with van der Waals surface area (Å²) in [5, 5.41) is 48.4. The predicted molar refractivity (Wildman–Crippen MR) is 247 cm³/mol. The fraction of sp³-hybridized carbons (Fsp3) is 0.511. The Morgan fingerprint density at radius 2 is 1.91 bits per heavy atom. The number of nitrogens with zero attached hydrogens (tertiary/aromatic N) is 8. The third-order valence-corrected chi connectivity index (χ3v) is 13.9. The Morgan fingerprint density at radius 1 is 1.12 bits per heavy atom. The van der Waals surface area contributed by atoms with Crippen LogP contribution in [0, 0.1) is 34.0 Å². The molecule has 3 aliphatic rings. The monoisotopic (exact) mass is 918 g/mol. The lowest BCUT2D eigenvalue weighted by molar-refractivity contribution is -0.141. The van der Waals surface area contributed by atoms with Gasteiger partial charge in [-0.2, -0.15) is 10.5 Å². The van der Waals surface area contributed by atoms with E-state index < -0.39 is 23.5 Å². The standard InChI is InChI=1S/C47H58N12O6S/c1-28(2)39(44(62)59-27-32(60)21-35(59)43(61)53-25-31-12-10-30(23-48)11-13-31)36-22-38(56-65-36)64-20-6-5-17-57-18-8-19-58(29(3)26-57)46-52-16-14-34(54-46)41(50)55-45(63)47(4)15-7-9-37-40(47)33(24-49)42(51)66-37/h10-14,16,22,28-29,32,35,39,60H,5-9,15,17-21,25-27,51H2,1-4H3,(H,53,61)(H2,50,55,63)/t29-,32+,35-,39?,47-/m0/s1. The van der Waals surface area contributed by atoms with Crippen molar-refractivity contribution in [1.82, 2.24) is 35.6 Å². The maximum absolute atomic E-state index is 14.0. The van der Waals surface area contributed by atoms with Crippen molar-refractivity contribution in [3.63, 3.8) is 0 Å². The molecular weight excluding hydrogens is 861 g/mol. The van der Waals surface area contributed by atoms with E-state index in [1.54, 1.807) is 42.6 Å². The molecule has 0 saturated carbocycles. The summed E-state index contributed by atoms with van der Waals surface area (Å²) < 4.78 is 11.6. The number of hydrogen-bond acceptors (Lipinski definition) is 16. The number of nitrogens with two attached hydrogens (primary N) is 1. The van der Waals surface area contributed by atoms with Gasteiger partial charge in [-0.1, -0.05) is 26.0 Å². The van der Waals surface area contributed by atoms with Crippen molar-refractivity contribution in [1.29, 1.82) is 15.9 Å². The second-order valence-electron chi connectivity index (χ2n) is 18.0. The molecule has 6 N–H and O–H groups in total. The summed E-state index contributed by atoms with van der Waals surface area (Å²) in [5.74, 6) is -1.04. The second kappa shape index (κ2) is 20.8. The number of aromatic nitrogens is 3. The number of aliphatic hydroxyl groups is 1. The van der Waals surface area contributed by atoms with Gasteiger partial charge in [-0.3, -0.25) is 19.8 Å².